The third-order valence-electron chi connectivity index (χ3n) is 11.7. The predicted molar refractivity (Wildman–Crippen MR) is 223 cm³/mol. The number of ether oxygens (including phenoxy) is 3. The van der Waals surface area contributed by atoms with Gasteiger partial charge in [-0.2, -0.15) is 0 Å². The van der Waals surface area contributed by atoms with Gasteiger partial charge < -0.3 is 45.3 Å². The first-order chi connectivity index (χ1) is 27.2. The standard InChI is InChI=1S/C47H48N2O8/c1-20-10-27-29(41-33-15-23(4)49-25(6)40(33)35(51)19-36(41)52)17-31(45(53)43(27)37(12-20)55-7)32-18-30(28-11-21(2)13-38(56-8)44(28)46(32)54)42-34(50)16-26-14-22(3)48-24(5)39(26)47(42)57-9/h10-13,16-19,22-23,25,48-49,51-54H,14-15H2,1-9H3/t22-,23-,25-/m1/s1. The molecule has 5 aromatic carbocycles. The second-order valence-corrected chi connectivity index (χ2v) is 15.8. The zero-order chi connectivity index (χ0) is 40.8. The topological polar surface area (TPSA) is 150 Å². The van der Waals surface area contributed by atoms with Gasteiger partial charge in [0.05, 0.1) is 37.7 Å². The van der Waals surface area contributed by atoms with Gasteiger partial charge in [0.25, 0.3) is 0 Å². The minimum atomic E-state index is -0.246. The molecule has 0 unspecified atom stereocenters. The summed E-state index contributed by atoms with van der Waals surface area (Å²) in [5, 5.41) is 56.8. The fourth-order valence-electron chi connectivity index (χ4n) is 9.55. The average molecular weight is 769 g/mol. The lowest BCUT2D eigenvalue weighted by molar-refractivity contribution is -0.109. The summed E-state index contributed by atoms with van der Waals surface area (Å²) in [7, 11) is 4.60. The zero-order valence-electron chi connectivity index (χ0n) is 33.7. The van der Waals surface area contributed by atoms with Crippen LogP contribution in [-0.4, -0.2) is 59.6 Å². The van der Waals surface area contributed by atoms with E-state index in [-0.39, 0.29) is 58.0 Å². The highest BCUT2D eigenvalue weighted by molar-refractivity contribution is 6.32. The van der Waals surface area contributed by atoms with Crippen LogP contribution in [-0.2, 0) is 16.0 Å². The van der Waals surface area contributed by atoms with Crippen molar-refractivity contribution in [1.29, 1.82) is 0 Å². The number of benzene rings is 5. The van der Waals surface area contributed by atoms with Gasteiger partial charge in [-0.25, -0.2) is 0 Å². The van der Waals surface area contributed by atoms with Crippen molar-refractivity contribution in [1.82, 2.24) is 10.6 Å². The normalized spacial score (nSPS) is 19.4. The van der Waals surface area contributed by atoms with E-state index in [2.05, 4.69) is 24.5 Å². The molecular formula is C47H48N2O8. The molecular weight excluding hydrogens is 721 g/mol. The number of hydrogen-bond acceptors (Lipinski definition) is 10. The number of ketones is 1. The lowest BCUT2D eigenvalue weighted by Crippen LogP contribution is -2.36. The van der Waals surface area contributed by atoms with Gasteiger partial charge in [0.1, 0.15) is 40.3 Å². The monoisotopic (exact) mass is 768 g/mol. The maximum absolute atomic E-state index is 14.4. The maximum Gasteiger partial charge on any atom is 0.190 e. The second-order valence-electron chi connectivity index (χ2n) is 15.8. The van der Waals surface area contributed by atoms with E-state index in [1.54, 1.807) is 25.3 Å². The Balaban J connectivity index is 1.54. The molecule has 0 bridgehead atoms. The van der Waals surface area contributed by atoms with E-state index in [4.69, 9.17) is 14.2 Å². The zero-order valence-corrected chi connectivity index (χ0v) is 33.7. The van der Waals surface area contributed by atoms with Crippen molar-refractivity contribution in [2.45, 2.75) is 72.5 Å². The van der Waals surface area contributed by atoms with Gasteiger partial charge in [0, 0.05) is 57.7 Å². The average Bonchev–Trinajstić information content (AvgIpc) is 3.14. The van der Waals surface area contributed by atoms with E-state index < -0.39 is 0 Å². The van der Waals surface area contributed by atoms with Gasteiger partial charge in [0.15, 0.2) is 5.78 Å². The number of hydrogen-bond donors (Lipinski definition) is 6. The molecule has 2 heterocycles. The molecule has 5 aromatic rings. The molecule has 10 nitrogen and oxygen atoms in total. The molecule has 57 heavy (non-hydrogen) atoms. The SMILES string of the molecule is COC1=C(c2cc(-c3cc(-c4c(O)cc(O)c5c4C[C@@H](C)N[C@@H]5C)c4cc(C)cc(OC)c4c3O)c(O)c3c(OC)cc(C)cc23)C(=O)C=C2C[C@@H](C)NC(C)=C21. The number of rotatable bonds is 6. The van der Waals surface area contributed by atoms with E-state index in [0.29, 0.717) is 79.5 Å². The number of fused-ring (bicyclic) bond motifs is 4. The summed E-state index contributed by atoms with van der Waals surface area (Å²) in [6.07, 6.45) is 2.82. The quantitative estimate of drug-likeness (QED) is 0.0989. The van der Waals surface area contributed by atoms with E-state index in [9.17, 15) is 25.2 Å². The number of methoxy groups -OCH3 is 3. The summed E-state index contributed by atoms with van der Waals surface area (Å²) >= 11 is 0. The highest BCUT2D eigenvalue weighted by atomic mass is 16.5. The van der Waals surface area contributed by atoms with Crippen LogP contribution in [0.5, 0.6) is 34.5 Å². The van der Waals surface area contributed by atoms with Crippen molar-refractivity contribution in [2.24, 2.45) is 0 Å². The van der Waals surface area contributed by atoms with E-state index >= 15 is 0 Å². The first-order valence-corrected chi connectivity index (χ1v) is 19.2. The first kappa shape index (κ1) is 37.8. The van der Waals surface area contributed by atoms with E-state index in [1.165, 1.54) is 20.3 Å². The Hall–Kier alpha value is -6.13. The molecule has 6 N–H and O–H groups in total. The van der Waals surface area contributed by atoms with Gasteiger partial charge in [-0.3, -0.25) is 4.79 Å². The number of carbonyl (C=O) groups is 1. The van der Waals surface area contributed by atoms with Gasteiger partial charge in [0.2, 0.25) is 0 Å². The highest BCUT2D eigenvalue weighted by Gasteiger charge is 2.35. The second kappa shape index (κ2) is 13.8. The Labute approximate surface area is 331 Å². The van der Waals surface area contributed by atoms with Gasteiger partial charge in [-0.05, 0) is 129 Å². The minimum absolute atomic E-state index is 0.0148. The van der Waals surface area contributed by atoms with Crippen molar-refractivity contribution in [3.63, 3.8) is 0 Å². The van der Waals surface area contributed by atoms with Crippen LogP contribution in [0.1, 0.15) is 68.0 Å². The van der Waals surface area contributed by atoms with Crippen LogP contribution < -0.4 is 20.1 Å². The molecule has 3 aliphatic rings. The third kappa shape index (κ3) is 5.84. The number of aryl methyl sites for hydroxylation is 2. The maximum atomic E-state index is 14.4. The molecule has 0 fully saturated rings. The molecule has 294 valence electrons. The molecule has 0 spiro atoms. The number of allylic oxidation sites excluding steroid dienone is 4. The summed E-state index contributed by atoms with van der Waals surface area (Å²) in [6, 6.07) is 12.3. The van der Waals surface area contributed by atoms with Gasteiger partial charge in [-0.1, -0.05) is 12.1 Å². The summed E-state index contributed by atoms with van der Waals surface area (Å²) in [5.41, 5.74) is 8.02. The molecule has 0 aromatic heterocycles. The first-order valence-electron chi connectivity index (χ1n) is 19.2. The van der Waals surface area contributed by atoms with Crippen LogP contribution in [0.3, 0.4) is 0 Å². The van der Waals surface area contributed by atoms with E-state index in [0.717, 1.165) is 33.5 Å². The Morgan fingerprint density at radius 3 is 1.81 bits per heavy atom. The molecule has 10 heteroatoms. The summed E-state index contributed by atoms with van der Waals surface area (Å²) in [6.45, 7) is 11.9. The minimum Gasteiger partial charge on any atom is -0.507 e. The summed E-state index contributed by atoms with van der Waals surface area (Å²) in [5.74, 6) is 0.436. The van der Waals surface area contributed by atoms with Crippen LogP contribution in [0.15, 0.2) is 71.1 Å². The fraction of sp³-hybridized carbons (Fsp3) is 0.298. The Morgan fingerprint density at radius 2 is 1.23 bits per heavy atom. The van der Waals surface area contributed by atoms with Crippen LogP contribution in [0.25, 0.3) is 49.4 Å². The highest BCUT2D eigenvalue weighted by Crippen LogP contribution is 2.55. The Kier molecular flexibility index (Phi) is 9.15. The molecule has 8 rings (SSSR count). The summed E-state index contributed by atoms with van der Waals surface area (Å²) < 4.78 is 17.9. The molecule has 0 saturated carbocycles. The van der Waals surface area contributed by atoms with Crippen LogP contribution in [0.2, 0.25) is 0 Å². The number of nitrogens with one attached hydrogen (secondary N) is 2. The van der Waals surface area contributed by atoms with Gasteiger partial charge in [-0.15, -0.1) is 0 Å². The fourth-order valence-corrected chi connectivity index (χ4v) is 9.55. The Bertz CT molecular complexity index is 2690. The van der Waals surface area contributed by atoms with Crippen LogP contribution in [0, 0.1) is 13.8 Å². The number of phenolic OH excluding ortho intramolecular Hbond substituents is 4. The van der Waals surface area contributed by atoms with Crippen molar-refractivity contribution in [3.8, 4) is 56.8 Å². The van der Waals surface area contributed by atoms with Crippen LogP contribution in [0.4, 0.5) is 0 Å². The van der Waals surface area contributed by atoms with Crippen molar-refractivity contribution in [2.75, 3.05) is 21.3 Å². The molecule has 3 atom stereocenters. The van der Waals surface area contributed by atoms with Crippen molar-refractivity contribution < 1.29 is 39.4 Å². The van der Waals surface area contributed by atoms with E-state index in [1.807, 2.05) is 52.0 Å². The molecule has 0 amide bonds. The molecule has 0 radical (unpaired) electrons. The number of phenols is 4. The number of carbonyl (C=O) groups excluding carboxylic acids is 1. The number of aromatic hydroxyl groups is 4. The van der Waals surface area contributed by atoms with Crippen molar-refractivity contribution >= 4 is 32.9 Å². The lowest BCUT2D eigenvalue weighted by atomic mass is 9.79. The third-order valence-corrected chi connectivity index (χ3v) is 11.7. The predicted octanol–water partition coefficient (Wildman–Crippen LogP) is 8.90. The van der Waals surface area contributed by atoms with Crippen molar-refractivity contribution in [3.05, 3.63) is 99.0 Å². The summed E-state index contributed by atoms with van der Waals surface area (Å²) in [4.78, 5) is 14.4. The lowest BCUT2D eigenvalue weighted by Gasteiger charge is -2.32. The molecule has 2 aliphatic heterocycles. The smallest absolute Gasteiger partial charge is 0.190 e. The molecule has 1 aliphatic carbocycles. The van der Waals surface area contributed by atoms with Gasteiger partial charge >= 0.3 is 0 Å². The largest absolute Gasteiger partial charge is 0.507 e. The molecule has 0 saturated heterocycles. The Morgan fingerprint density at radius 1 is 0.649 bits per heavy atom. The van der Waals surface area contributed by atoms with Crippen LogP contribution >= 0.6 is 0 Å².